The molecule has 1 N–H and O–H groups in total. The van der Waals surface area contributed by atoms with E-state index < -0.39 is 0 Å². The fourth-order valence-electron chi connectivity index (χ4n) is 2.19. The number of aromatic nitrogens is 1. The van der Waals surface area contributed by atoms with Gasteiger partial charge in [-0.2, -0.15) is 0 Å². The van der Waals surface area contributed by atoms with Crippen LogP contribution in [-0.4, -0.2) is 11.5 Å². The molecule has 0 amide bonds. The van der Waals surface area contributed by atoms with Crippen molar-refractivity contribution in [2.45, 2.75) is 6.92 Å². The number of hydrogen-bond acceptors (Lipinski definition) is 2. The van der Waals surface area contributed by atoms with Crippen LogP contribution in [0.25, 0.3) is 0 Å². The molecule has 0 saturated heterocycles. The van der Waals surface area contributed by atoms with Crippen LogP contribution in [0.1, 0.15) is 6.92 Å². The standard InChI is InChI=1S/C14H15N3.ClH/c1-2-16-11-17(12-7-4-3-5-8-12)13-9-6-10-15-14(13)16;/h3-11,16H,2H2,1H3;1H/p-1. The van der Waals surface area contributed by atoms with E-state index in [0.29, 0.717) is 0 Å². The molecule has 0 fully saturated rings. The van der Waals surface area contributed by atoms with Gasteiger partial charge in [0.15, 0.2) is 0 Å². The van der Waals surface area contributed by atoms with Gasteiger partial charge in [-0.15, -0.1) is 0 Å². The minimum absolute atomic E-state index is 0. The minimum Gasteiger partial charge on any atom is -1.00 e. The largest absolute Gasteiger partial charge is 1.00 e. The van der Waals surface area contributed by atoms with Crippen LogP contribution in [0.15, 0.2) is 48.7 Å². The van der Waals surface area contributed by atoms with Gasteiger partial charge in [0, 0.05) is 11.9 Å². The van der Waals surface area contributed by atoms with E-state index in [9.17, 15) is 0 Å². The highest BCUT2D eigenvalue weighted by molar-refractivity contribution is 5.72. The molecule has 4 heteroatoms. The molecular weight excluding hydrogens is 246 g/mol. The number of hydrogen-bond donors (Lipinski definition) is 1. The molecule has 2 aromatic rings. The second-order valence-electron chi connectivity index (χ2n) is 4.08. The number of halogens is 1. The van der Waals surface area contributed by atoms with Crippen LogP contribution in [-0.2, 0) is 0 Å². The third kappa shape index (κ3) is 2.07. The van der Waals surface area contributed by atoms with Gasteiger partial charge in [0.25, 0.3) is 0 Å². The number of quaternary nitrogens is 1. The maximum atomic E-state index is 4.48. The summed E-state index contributed by atoms with van der Waals surface area (Å²) < 4.78 is 0. The highest BCUT2D eigenvalue weighted by Crippen LogP contribution is 2.32. The van der Waals surface area contributed by atoms with Crippen molar-refractivity contribution in [2.75, 3.05) is 11.4 Å². The van der Waals surface area contributed by atoms with Crippen LogP contribution < -0.4 is 22.2 Å². The first kappa shape index (κ1) is 12.9. The van der Waals surface area contributed by atoms with E-state index in [2.05, 4.69) is 53.8 Å². The summed E-state index contributed by atoms with van der Waals surface area (Å²) in [5.41, 5.74) is 2.36. The van der Waals surface area contributed by atoms with E-state index in [4.69, 9.17) is 0 Å². The van der Waals surface area contributed by atoms with E-state index in [1.165, 1.54) is 16.3 Å². The van der Waals surface area contributed by atoms with Crippen molar-refractivity contribution in [3.8, 4) is 0 Å². The smallest absolute Gasteiger partial charge is 0.222 e. The number of nitrogens with one attached hydrogen (secondary N) is 1. The van der Waals surface area contributed by atoms with Gasteiger partial charge in [0.2, 0.25) is 5.82 Å². The molecule has 0 aliphatic carbocycles. The average Bonchev–Trinajstić information content (AvgIpc) is 2.78. The maximum Gasteiger partial charge on any atom is 0.222 e. The van der Waals surface area contributed by atoms with Crippen LogP contribution >= 0.6 is 0 Å². The lowest BCUT2D eigenvalue weighted by Crippen LogP contribution is -3.03. The van der Waals surface area contributed by atoms with Gasteiger partial charge in [-0.1, -0.05) is 18.2 Å². The van der Waals surface area contributed by atoms with Crippen molar-refractivity contribution in [2.24, 2.45) is 0 Å². The summed E-state index contributed by atoms with van der Waals surface area (Å²) in [6.07, 6.45) is 1.86. The van der Waals surface area contributed by atoms with E-state index in [-0.39, 0.29) is 12.4 Å². The fourth-order valence-corrected chi connectivity index (χ4v) is 2.19. The third-order valence-electron chi connectivity index (χ3n) is 3.05. The number of para-hydroxylation sites is 1. The van der Waals surface area contributed by atoms with Crippen molar-refractivity contribution < 1.29 is 17.3 Å². The molecule has 1 aromatic carbocycles. The molecule has 0 saturated carbocycles. The highest BCUT2D eigenvalue weighted by atomic mass is 35.5. The lowest BCUT2D eigenvalue weighted by atomic mass is 10.3. The Kier molecular flexibility index (Phi) is 3.84. The van der Waals surface area contributed by atoms with Crippen LogP contribution in [0.4, 0.5) is 17.2 Å². The summed E-state index contributed by atoms with van der Waals surface area (Å²) in [7, 11) is 0. The van der Waals surface area contributed by atoms with Crippen LogP contribution in [0.5, 0.6) is 0 Å². The van der Waals surface area contributed by atoms with Gasteiger partial charge < -0.3 is 22.2 Å². The van der Waals surface area contributed by atoms with Crippen LogP contribution in [0.2, 0.25) is 0 Å². The van der Waals surface area contributed by atoms with Gasteiger partial charge in [-0.05, 0) is 37.9 Å². The fraction of sp³-hybridized carbons (Fsp3) is 0.143. The minimum atomic E-state index is 0. The quantitative estimate of drug-likeness (QED) is 0.692. The van der Waals surface area contributed by atoms with Crippen LogP contribution in [0, 0.1) is 6.67 Å². The Bertz CT molecular complexity index is 515. The number of anilines is 2. The molecule has 1 atom stereocenters. The molecule has 1 aliphatic heterocycles. The van der Waals surface area contributed by atoms with Crippen molar-refractivity contribution in [1.82, 2.24) is 4.98 Å². The van der Waals surface area contributed by atoms with E-state index >= 15 is 0 Å². The molecule has 1 unspecified atom stereocenters. The Morgan fingerprint density at radius 3 is 2.67 bits per heavy atom. The molecule has 1 aliphatic rings. The van der Waals surface area contributed by atoms with Gasteiger partial charge in [-0.25, -0.2) is 4.98 Å². The van der Waals surface area contributed by atoms with Gasteiger partial charge >= 0.3 is 0 Å². The summed E-state index contributed by atoms with van der Waals surface area (Å²) in [6, 6.07) is 14.5. The van der Waals surface area contributed by atoms with Crippen LogP contribution in [0.3, 0.4) is 0 Å². The molecule has 0 radical (unpaired) electrons. The predicted molar refractivity (Wildman–Crippen MR) is 68.3 cm³/mol. The molecule has 3 nitrogen and oxygen atoms in total. The average molecular weight is 261 g/mol. The number of nitrogens with zero attached hydrogens (tertiary/aromatic N) is 2. The Labute approximate surface area is 113 Å². The Hall–Kier alpha value is -1.58. The highest BCUT2D eigenvalue weighted by Gasteiger charge is 2.23. The van der Waals surface area contributed by atoms with Gasteiger partial charge in [-0.3, -0.25) is 0 Å². The van der Waals surface area contributed by atoms with Crippen molar-refractivity contribution in [3.05, 3.63) is 55.3 Å². The first-order valence-electron chi connectivity index (χ1n) is 5.90. The Morgan fingerprint density at radius 1 is 1.17 bits per heavy atom. The zero-order chi connectivity index (χ0) is 11.7. The summed E-state index contributed by atoms with van der Waals surface area (Å²) in [5, 5.41) is 0. The maximum absolute atomic E-state index is 4.48. The zero-order valence-electron chi connectivity index (χ0n) is 10.2. The monoisotopic (exact) mass is 260 g/mol. The van der Waals surface area contributed by atoms with Gasteiger partial charge in [0.1, 0.15) is 0 Å². The lowest BCUT2D eigenvalue weighted by Gasteiger charge is -2.27. The summed E-state index contributed by atoms with van der Waals surface area (Å²) in [4.78, 5) is 7.98. The summed E-state index contributed by atoms with van der Waals surface area (Å²) in [5.74, 6) is 1.11. The predicted octanol–water partition coefficient (Wildman–Crippen LogP) is -1.11. The molecule has 3 rings (SSSR count). The summed E-state index contributed by atoms with van der Waals surface area (Å²) >= 11 is 0. The normalized spacial score (nSPS) is 17.2. The second-order valence-corrected chi connectivity index (χ2v) is 4.08. The molecule has 94 valence electrons. The molecule has 18 heavy (non-hydrogen) atoms. The lowest BCUT2D eigenvalue weighted by molar-refractivity contribution is -0.793. The van der Waals surface area contributed by atoms with Gasteiger partial charge in [0.05, 0.1) is 12.2 Å². The SMILES string of the molecule is CC[NH+]1[CH-]N(c2ccccc2)c2cccnc21.[Cl-]. The van der Waals surface area contributed by atoms with Crippen molar-refractivity contribution >= 4 is 17.2 Å². The van der Waals surface area contributed by atoms with Crippen molar-refractivity contribution in [3.63, 3.8) is 0 Å². The number of pyridine rings is 1. The zero-order valence-corrected chi connectivity index (χ0v) is 10.9. The molecule has 1 aromatic heterocycles. The first-order chi connectivity index (χ1) is 8.40. The third-order valence-corrected chi connectivity index (χ3v) is 3.05. The van der Waals surface area contributed by atoms with Crippen molar-refractivity contribution in [1.29, 1.82) is 0 Å². The van der Waals surface area contributed by atoms with E-state index in [1.54, 1.807) is 0 Å². The number of rotatable bonds is 2. The summed E-state index contributed by atoms with van der Waals surface area (Å²) in [6.45, 7) is 5.36. The first-order valence-corrected chi connectivity index (χ1v) is 5.90. The Balaban J connectivity index is 0.00000120. The molecule has 0 spiro atoms. The molecule has 0 bridgehead atoms. The van der Waals surface area contributed by atoms with E-state index in [1.807, 2.05) is 18.3 Å². The Morgan fingerprint density at radius 2 is 1.94 bits per heavy atom. The van der Waals surface area contributed by atoms with E-state index in [0.717, 1.165) is 12.4 Å². The molecular formula is C14H15ClN3-. The number of benzene rings is 1. The second kappa shape index (κ2) is 5.38. The topological polar surface area (TPSA) is 20.6 Å². The molecule has 2 heterocycles. The number of fused-ring (bicyclic) bond motifs is 1.